The number of nitrogen functional groups attached to an aromatic ring is 1. The Morgan fingerprint density at radius 3 is 2.64 bits per heavy atom. The van der Waals surface area contributed by atoms with E-state index in [1.807, 2.05) is 36.4 Å². The van der Waals surface area contributed by atoms with Gasteiger partial charge in [-0.25, -0.2) is 9.97 Å². The van der Waals surface area contributed by atoms with E-state index in [1.165, 1.54) is 0 Å². The molecule has 3 aromatic rings. The van der Waals surface area contributed by atoms with Crippen molar-refractivity contribution in [3.63, 3.8) is 0 Å². The normalized spacial score (nSPS) is 10.2. The highest BCUT2D eigenvalue weighted by molar-refractivity contribution is 5.34. The van der Waals surface area contributed by atoms with Crippen LogP contribution in [0.3, 0.4) is 0 Å². The van der Waals surface area contributed by atoms with Gasteiger partial charge in [0.1, 0.15) is 11.6 Å². The molecule has 3 N–H and O–H groups in total. The van der Waals surface area contributed by atoms with Crippen molar-refractivity contribution < 1.29 is 4.74 Å². The fraction of sp³-hybridized carbons (Fsp3) is 0.0625. The maximum Gasteiger partial charge on any atom is 0.226 e. The van der Waals surface area contributed by atoms with Crippen LogP contribution in [-0.2, 0) is 6.54 Å². The zero-order valence-corrected chi connectivity index (χ0v) is 11.8. The molecule has 0 aliphatic rings. The molecule has 3 rings (SSSR count). The van der Waals surface area contributed by atoms with E-state index in [1.54, 1.807) is 24.5 Å². The average Bonchev–Trinajstić information content (AvgIpc) is 2.56. The summed E-state index contributed by atoms with van der Waals surface area (Å²) in [5, 5.41) is 3.12. The van der Waals surface area contributed by atoms with Crippen molar-refractivity contribution in [2.75, 3.05) is 11.1 Å². The highest BCUT2D eigenvalue weighted by Crippen LogP contribution is 2.19. The quantitative estimate of drug-likeness (QED) is 0.752. The number of rotatable bonds is 5. The summed E-state index contributed by atoms with van der Waals surface area (Å²) in [5.41, 5.74) is 6.55. The molecule has 0 unspecified atom stereocenters. The van der Waals surface area contributed by atoms with Crippen LogP contribution in [0.4, 0.5) is 11.8 Å². The van der Waals surface area contributed by atoms with Gasteiger partial charge < -0.3 is 15.8 Å². The van der Waals surface area contributed by atoms with E-state index in [-0.39, 0.29) is 0 Å². The van der Waals surface area contributed by atoms with Gasteiger partial charge in [0.15, 0.2) is 0 Å². The summed E-state index contributed by atoms with van der Waals surface area (Å²) in [5.74, 6) is 2.21. The van der Waals surface area contributed by atoms with Crippen molar-refractivity contribution >= 4 is 11.8 Å². The van der Waals surface area contributed by atoms with Gasteiger partial charge in [-0.2, -0.15) is 4.98 Å². The van der Waals surface area contributed by atoms with Crippen molar-refractivity contribution in [1.29, 1.82) is 0 Å². The molecular weight excluding hydrogens is 278 g/mol. The Labute approximate surface area is 128 Å². The zero-order chi connectivity index (χ0) is 15.2. The lowest BCUT2D eigenvalue weighted by atomic mass is 10.3. The molecule has 6 nitrogen and oxygen atoms in total. The van der Waals surface area contributed by atoms with Crippen LogP contribution in [0.2, 0.25) is 0 Å². The molecular formula is C16H15N5O. The maximum atomic E-state index is 5.67. The van der Waals surface area contributed by atoms with Crippen LogP contribution < -0.4 is 15.8 Å². The van der Waals surface area contributed by atoms with Crippen molar-refractivity contribution in [2.24, 2.45) is 0 Å². The molecule has 22 heavy (non-hydrogen) atoms. The molecule has 0 saturated heterocycles. The van der Waals surface area contributed by atoms with Gasteiger partial charge in [0, 0.05) is 25.0 Å². The van der Waals surface area contributed by atoms with Crippen LogP contribution in [-0.4, -0.2) is 15.0 Å². The summed E-state index contributed by atoms with van der Waals surface area (Å²) < 4.78 is 5.67. The molecule has 0 saturated carbocycles. The standard InChI is InChI=1S/C16H15N5O/c17-14-7-6-12(10-19-14)11-20-16-18-9-8-15(21-16)22-13-4-2-1-3-5-13/h1-10H,11H2,(H2,17,19)(H,18,20,21). The molecule has 0 atom stereocenters. The molecule has 0 aliphatic carbocycles. The molecule has 0 amide bonds. The number of hydrogen-bond donors (Lipinski definition) is 2. The summed E-state index contributed by atoms with van der Waals surface area (Å²) >= 11 is 0. The molecule has 0 radical (unpaired) electrons. The van der Waals surface area contributed by atoms with Gasteiger partial charge in [-0.05, 0) is 23.8 Å². The van der Waals surface area contributed by atoms with E-state index in [4.69, 9.17) is 10.5 Å². The van der Waals surface area contributed by atoms with Crippen LogP contribution >= 0.6 is 0 Å². The molecule has 2 aromatic heterocycles. The Bertz CT molecular complexity index is 731. The van der Waals surface area contributed by atoms with Crippen molar-refractivity contribution in [3.8, 4) is 11.6 Å². The summed E-state index contributed by atoms with van der Waals surface area (Å²) in [4.78, 5) is 12.5. The van der Waals surface area contributed by atoms with Gasteiger partial charge in [-0.15, -0.1) is 0 Å². The lowest BCUT2D eigenvalue weighted by molar-refractivity contribution is 0.462. The Morgan fingerprint density at radius 2 is 1.86 bits per heavy atom. The van der Waals surface area contributed by atoms with Crippen LogP contribution in [0.5, 0.6) is 11.6 Å². The van der Waals surface area contributed by atoms with E-state index in [0.29, 0.717) is 24.2 Å². The number of nitrogens with zero attached hydrogens (tertiary/aromatic N) is 3. The van der Waals surface area contributed by atoms with Gasteiger partial charge >= 0.3 is 0 Å². The number of benzene rings is 1. The zero-order valence-electron chi connectivity index (χ0n) is 11.8. The lowest BCUT2D eigenvalue weighted by Gasteiger charge is -2.07. The van der Waals surface area contributed by atoms with E-state index >= 15 is 0 Å². The minimum Gasteiger partial charge on any atom is -0.439 e. The fourth-order valence-electron chi connectivity index (χ4n) is 1.82. The van der Waals surface area contributed by atoms with Gasteiger partial charge in [0.05, 0.1) is 0 Å². The van der Waals surface area contributed by atoms with Crippen molar-refractivity contribution in [2.45, 2.75) is 6.54 Å². The largest absolute Gasteiger partial charge is 0.439 e. The number of nitrogens with two attached hydrogens (primary N) is 1. The van der Waals surface area contributed by atoms with Crippen LogP contribution in [0, 0.1) is 0 Å². The number of para-hydroxylation sites is 1. The number of ether oxygens (including phenoxy) is 1. The van der Waals surface area contributed by atoms with Crippen LogP contribution in [0.15, 0.2) is 60.9 Å². The molecule has 110 valence electrons. The van der Waals surface area contributed by atoms with Gasteiger partial charge in [0.25, 0.3) is 0 Å². The highest BCUT2D eigenvalue weighted by Gasteiger charge is 2.02. The number of pyridine rings is 1. The predicted octanol–water partition coefficient (Wildman–Crippen LogP) is 2.86. The smallest absolute Gasteiger partial charge is 0.226 e. The van der Waals surface area contributed by atoms with Gasteiger partial charge in [-0.1, -0.05) is 24.3 Å². The number of aromatic nitrogens is 3. The maximum absolute atomic E-state index is 5.67. The summed E-state index contributed by atoms with van der Waals surface area (Å²) in [6.07, 6.45) is 3.36. The summed E-state index contributed by atoms with van der Waals surface area (Å²) in [6.45, 7) is 0.558. The number of nitrogens with one attached hydrogen (secondary N) is 1. The molecule has 1 aromatic carbocycles. The topological polar surface area (TPSA) is 86.0 Å². The van der Waals surface area contributed by atoms with Crippen LogP contribution in [0.1, 0.15) is 5.56 Å². The minimum absolute atomic E-state index is 0.485. The van der Waals surface area contributed by atoms with E-state index < -0.39 is 0 Å². The van der Waals surface area contributed by atoms with Gasteiger partial charge in [0.2, 0.25) is 11.8 Å². The van der Waals surface area contributed by atoms with E-state index in [2.05, 4.69) is 20.3 Å². The molecule has 0 spiro atoms. The Balaban J connectivity index is 1.65. The van der Waals surface area contributed by atoms with E-state index in [0.717, 1.165) is 11.3 Å². The molecule has 0 bridgehead atoms. The Morgan fingerprint density at radius 1 is 1.00 bits per heavy atom. The summed E-state index contributed by atoms with van der Waals surface area (Å²) in [6, 6.07) is 14.9. The third kappa shape index (κ3) is 3.69. The van der Waals surface area contributed by atoms with Gasteiger partial charge in [-0.3, -0.25) is 0 Å². The molecule has 6 heteroatoms. The molecule has 0 aliphatic heterocycles. The third-order valence-corrected chi connectivity index (χ3v) is 2.89. The molecule has 0 fully saturated rings. The first-order valence-electron chi connectivity index (χ1n) is 6.80. The van der Waals surface area contributed by atoms with Crippen molar-refractivity contribution in [3.05, 3.63) is 66.5 Å². The summed E-state index contributed by atoms with van der Waals surface area (Å²) in [7, 11) is 0. The second-order valence-corrected chi connectivity index (χ2v) is 4.58. The average molecular weight is 293 g/mol. The Hall–Kier alpha value is -3.15. The second-order valence-electron chi connectivity index (χ2n) is 4.58. The number of hydrogen-bond acceptors (Lipinski definition) is 6. The lowest BCUT2D eigenvalue weighted by Crippen LogP contribution is -2.04. The van der Waals surface area contributed by atoms with Crippen LogP contribution in [0.25, 0.3) is 0 Å². The first-order valence-corrected chi connectivity index (χ1v) is 6.80. The predicted molar refractivity (Wildman–Crippen MR) is 84.5 cm³/mol. The second kappa shape index (κ2) is 6.53. The first kappa shape index (κ1) is 13.8. The highest BCUT2D eigenvalue weighted by atomic mass is 16.5. The fourth-order valence-corrected chi connectivity index (χ4v) is 1.82. The molecule has 2 heterocycles. The Kier molecular flexibility index (Phi) is 4.10. The minimum atomic E-state index is 0.485. The SMILES string of the molecule is Nc1ccc(CNc2nccc(Oc3ccccc3)n2)cn1. The third-order valence-electron chi connectivity index (χ3n) is 2.89. The monoisotopic (exact) mass is 293 g/mol. The van der Waals surface area contributed by atoms with E-state index in [9.17, 15) is 0 Å². The first-order chi connectivity index (χ1) is 10.8. The van der Waals surface area contributed by atoms with Crippen molar-refractivity contribution in [1.82, 2.24) is 15.0 Å². The number of anilines is 2.